The predicted octanol–water partition coefficient (Wildman–Crippen LogP) is 3.10. The molecule has 2 aromatic rings. The molecule has 1 heterocycles. The highest BCUT2D eigenvalue weighted by Gasteiger charge is 2.39. The van der Waals surface area contributed by atoms with Gasteiger partial charge >= 0.3 is 0 Å². The molecule has 0 unspecified atom stereocenters. The van der Waals surface area contributed by atoms with Gasteiger partial charge in [-0.2, -0.15) is 0 Å². The number of nitrogens with two attached hydrogens (primary N) is 1. The van der Waals surface area contributed by atoms with Gasteiger partial charge in [-0.3, -0.25) is 0 Å². The van der Waals surface area contributed by atoms with E-state index in [4.69, 9.17) is 5.73 Å². The smallest absolute Gasteiger partial charge is 0.212 e. The second-order valence-corrected chi connectivity index (χ2v) is 6.63. The third-order valence-corrected chi connectivity index (χ3v) is 5.20. The number of rotatable bonds is 2. The summed E-state index contributed by atoms with van der Waals surface area (Å²) in [5.74, 6) is 0. The fourth-order valence-corrected chi connectivity index (χ4v) is 4.00. The average Bonchev–Trinajstić information content (AvgIpc) is 2.49. The molecule has 1 nitrogen and oxygen atoms in total. The number of benzene rings is 2. The van der Waals surface area contributed by atoms with Crippen molar-refractivity contribution in [2.45, 2.75) is 45.9 Å². The van der Waals surface area contributed by atoms with Gasteiger partial charge in [0.2, 0.25) is 6.71 Å². The zero-order valence-corrected chi connectivity index (χ0v) is 13.5. The number of anilines is 1. The van der Waals surface area contributed by atoms with Crippen molar-refractivity contribution in [3.63, 3.8) is 0 Å². The summed E-state index contributed by atoms with van der Waals surface area (Å²) < 4.78 is 0. The van der Waals surface area contributed by atoms with E-state index in [1.165, 1.54) is 27.6 Å². The number of hydrogen-bond acceptors (Lipinski definition) is 1. The maximum absolute atomic E-state index is 6.56. The van der Waals surface area contributed by atoms with Crippen LogP contribution in [0.1, 0.15) is 44.4 Å². The molecule has 0 spiro atoms. The van der Waals surface area contributed by atoms with Crippen molar-refractivity contribution in [1.29, 1.82) is 0 Å². The van der Waals surface area contributed by atoms with E-state index < -0.39 is 0 Å². The van der Waals surface area contributed by atoms with E-state index in [9.17, 15) is 0 Å². The SMILES string of the molecule is CCB1c2ccccc2C(C)(C)c2ccc(CC)c(N)c21. The summed E-state index contributed by atoms with van der Waals surface area (Å²) in [4.78, 5) is 0. The van der Waals surface area contributed by atoms with Gasteiger partial charge < -0.3 is 5.73 Å². The van der Waals surface area contributed by atoms with Crippen LogP contribution in [-0.4, -0.2) is 6.71 Å². The van der Waals surface area contributed by atoms with Crippen LogP contribution in [0.5, 0.6) is 0 Å². The minimum absolute atomic E-state index is 0.0258. The molecule has 0 atom stereocenters. The Bertz CT molecular complexity index is 688. The minimum atomic E-state index is 0.0258. The van der Waals surface area contributed by atoms with E-state index in [1.807, 2.05) is 0 Å². The molecule has 108 valence electrons. The van der Waals surface area contributed by atoms with Gasteiger partial charge in [0.25, 0.3) is 0 Å². The fraction of sp³-hybridized carbons (Fsp3) is 0.368. The first-order valence-electron chi connectivity index (χ1n) is 8.03. The van der Waals surface area contributed by atoms with E-state index in [-0.39, 0.29) is 5.41 Å². The van der Waals surface area contributed by atoms with E-state index in [1.54, 1.807) is 0 Å². The fourth-order valence-electron chi connectivity index (χ4n) is 4.00. The first-order chi connectivity index (χ1) is 10.0. The Morgan fingerprint density at radius 1 is 1.00 bits per heavy atom. The summed E-state index contributed by atoms with van der Waals surface area (Å²) in [5.41, 5.74) is 14.6. The van der Waals surface area contributed by atoms with E-state index in [2.05, 4.69) is 64.1 Å². The molecular weight excluding hydrogens is 253 g/mol. The lowest BCUT2D eigenvalue weighted by Crippen LogP contribution is -2.55. The molecule has 0 aliphatic carbocycles. The Labute approximate surface area is 128 Å². The van der Waals surface area contributed by atoms with Crippen molar-refractivity contribution >= 4 is 23.3 Å². The number of hydrogen-bond donors (Lipinski definition) is 1. The summed E-state index contributed by atoms with van der Waals surface area (Å²) in [5, 5.41) is 0. The molecule has 0 saturated carbocycles. The van der Waals surface area contributed by atoms with Gasteiger partial charge in [0, 0.05) is 11.1 Å². The molecule has 2 N–H and O–H groups in total. The van der Waals surface area contributed by atoms with Gasteiger partial charge in [0.15, 0.2) is 0 Å². The van der Waals surface area contributed by atoms with Gasteiger partial charge in [-0.15, -0.1) is 0 Å². The van der Waals surface area contributed by atoms with Crippen LogP contribution in [0.3, 0.4) is 0 Å². The Morgan fingerprint density at radius 2 is 1.71 bits per heavy atom. The first kappa shape index (κ1) is 14.3. The number of nitrogen functional groups attached to an aromatic ring is 1. The molecule has 0 fully saturated rings. The minimum Gasteiger partial charge on any atom is -0.399 e. The van der Waals surface area contributed by atoms with Crippen LogP contribution >= 0.6 is 0 Å². The molecule has 2 heteroatoms. The van der Waals surface area contributed by atoms with Gasteiger partial charge in [-0.25, -0.2) is 0 Å². The highest BCUT2D eigenvalue weighted by Crippen LogP contribution is 2.35. The third-order valence-electron chi connectivity index (χ3n) is 5.20. The molecule has 0 radical (unpaired) electrons. The molecule has 0 aromatic heterocycles. The van der Waals surface area contributed by atoms with Crippen LogP contribution in [0.2, 0.25) is 6.32 Å². The molecule has 0 bridgehead atoms. The van der Waals surface area contributed by atoms with Crippen molar-refractivity contribution in [1.82, 2.24) is 0 Å². The van der Waals surface area contributed by atoms with Crippen LogP contribution in [0.15, 0.2) is 36.4 Å². The molecule has 0 saturated heterocycles. The second kappa shape index (κ2) is 4.94. The quantitative estimate of drug-likeness (QED) is 0.662. The maximum Gasteiger partial charge on any atom is 0.212 e. The number of fused-ring (bicyclic) bond motifs is 2. The predicted molar refractivity (Wildman–Crippen MR) is 94.3 cm³/mol. The highest BCUT2D eigenvalue weighted by molar-refractivity contribution is 6.87. The summed E-state index contributed by atoms with van der Waals surface area (Å²) in [6, 6.07) is 13.4. The van der Waals surface area contributed by atoms with Crippen molar-refractivity contribution in [3.05, 3.63) is 53.1 Å². The van der Waals surface area contributed by atoms with Crippen LogP contribution in [0.25, 0.3) is 0 Å². The lowest BCUT2D eigenvalue weighted by Gasteiger charge is -2.39. The van der Waals surface area contributed by atoms with Crippen LogP contribution < -0.4 is 16.7 Å². The maximum atomic E-state index is 6.56. The van der Waals surface area contributed by atoms with Crippen molar-refractivity contribution in [3.8, 4) is 0 Å². The van der Waals surface area contributed by atoms with E-state index in [0.717, 1.165) is 18.4 Å². The topological polar surface area (TPSA) is 26.0 Å². The Kier molecular flexibility index (Phi) is 3.35. The lowest BCUT2D eigenvalue weighted by atomic mass is 9.33. The summed E-state index contributed by atoms with van der Waals surface area (Å²) in [7, 11) is 0. The van der Waals surface area contributed by atoms with E-state index in [0.29, 0.717) is 6.71 Å². The standard InChI is InChI=1S/C19H24BN/c1-5-13-11-12-15-17(18(13)21)20(6-2)16-10-8-7-9-14(16)19(15,3)4/h7-12H,5-6,21H2,1-4H3. The van der Waals surface area contributed by atoms with Crippen LogP contribution in [0.4, 0.5) is 5.69 Å². The average molecular weight is 277 g/mol. The molecule has 1 aliphatic rings. The van der Waals surface area contributed by atoms with Gasteiger partial charge in [-0.05, 0) is 28.6 Å². The van der Waals surface area contributed by atoms with Crippen molar-refractivity contribution in [2.24, 2.45) is 0 Å². The van der Waals surface area contributed by atoms with Crippen molar-refractivity contribution in [2.75, 3.05) is 5.73 Å². The van der Waals surface area contributed by atoms with Gasteiger partial charge in [0.05, 0.1) is 0 Å². The largest absolute Gasteiger partial charge is 0.399 e. The lowest BCUT2D eigenvalue weighted by molar-refractivity contribution is 0.645. The summed E-state index contributed by atoms with van der Waals surface area (Å²) in [6.07, 6.45) is 2.09. The number of aryl methyl sites for hydroxylation is 1. The zero-order chi connectivity index (χ0) is 15.2. The third kappa shape index (κ3) is 1.92. The molecule has 3 rings (SSSR count). The highest BCUT2D eigenvalue weighted by atomic mass is 14.6. The van der Waals surface area contributed by atoms with E-state index >= 15 is 0 Å². The normalized spacial score (nSPS) is 15.5. The summed E-state index contributed by atoms with van der Waals surface area (Å²) >= 11 is 0. The zero-order valence-electron chi connectivity index (χ0n) is 13.5. The van der Waals surface area contributed by atoms with Gasteiger partial charge in [0.1, 0.15) is 0 Å². The van der Waals surface area contributed by atoms with Crippen LogP contribution in [-0.2, 0) is 11.8 Å². The Hall–Kier alpha value is -1.70. The van der Waals surface area contributed by atoms with Gasteiger partial charge in [-0.1, -0.05) is 75.9 Å². The van der Waals surface area contributed by atoms with Crippen LogP contribution in [0, 0.1) is 0 Å². The second-order valence-electron chi connectivity index (χ2n) is 6.63. The molecule has 2 aromatic carbocycles. The molecule has 0 amide bonds. The molecule has 1 aliphatic heterocycles. The Balaban J connectivity index is 2.35. The first-order valence-corrected chi connectivity index (χ1v) is 8.03. The molecular formula is C19H24BN. The molecule has 21 heavy (non-hydrogen) atoms. The summed E-state index contributed by atoms with van der Waals surface area (Å²) in [6.45, 7) is 9.52. The Morgan fingerprint density at radius 3 is 2.38 bits per heavy atom. The monoisotopic (exact) mass is 277 g/mol. The van der Waals surface area contributed by atoms with Crippen molar-refractivity contribution < 1.29 is 0 Å².